The number of esters is 3. The Kier molecular flexibility index (Phi) is 47.6. The maximum absolute atomic E-state index is 12.8. The van der Waals surface area contributed by atoms with E-state index in [2.05, 4.69) is 34.6 Å². The van der Waals surface area contributed by atoms with Crippen molar-refractivity contribution in [3.8, 4) is 0 Å². The molecule has 0 bridgehead atoms. The Bertz CT molecular complexity index is 947. The molecule has 0 saturated carbocycles. The summed E-state index contributed by atoms with van der Waals surface area (Å²) in [7, 11) is 0. The van der Waals surface area contributed by atoms with Crippen molar-refractivity contribution in [2.75, 3.05) is 13.2 Å². The van der Waals surface area contributed by atoms with E-state index in [4.69, 9.17) is 14.2 Å². The third kappa shape index (κ3) is 49.4. The second-order valence-electron chi connectivity index (χ2n) is 20.2. The highest BCUT2D eigenvalue weighted by Gasteiger charge is 2.19. The lowest BCUT2D eigenvalue weighted by Crippen LogP contribution is -2.30. The number of ether oxygens (including phenoxy) is 3. The van der Waals surface area contributed by atoms with E-state index in [1.165, 1.54) is 199 Å². The molecule has 0 aromatic carbocycles. The van der Waals surface area contributed by atoms with Crippen LogP contribution in [0.15, 0.2) is 0 Å². The van der Waals surface area contributed by atoms with Crippen molar-refractivity contribution in [1.82, 2.24) is 0 Å². The summed E-state index contributed by atoms with van der Waals surface area (Å²) in [4.78, 5) is 38.0. The van der Waals surface area contributed by atoms with Gasteiger partial charge in [-0.3, -0.25) is 14.4 Å². The molecule has 0 spiro atoms. The van der Waals surface area contributed by atoms with E-state index < -0.39 is 6.10 Å². The summed E-state index contributed by atoms with van der Waals surface area (Å²) in [5.74, 6) is 0.790. The Morgan fingerprint density at radius 2 is 0.532 bits per heavy atom. The van der Waals surface area contributed by atoms with Crippen LogP contribution >= 0.6 is 0 Å². The molecule has 0 N–H and O–H groups in total. The molecule has 368 valence electrons. The third-order valence-corrected chi connectivity index (χ3v) is 12.7. The zero-order valence-corrected chi connectivity index (χ0v) is 42.5. The lowest BCUT2D eigenvalue weighted by Gasteiger charge is -2.18. The fourth-order valence-electron chi connectivity index (χ4n) is 8.52. The highest BCUT2D eigenvalue weighted by atomic mass is 16.6. The molecule has 0 aliphatic rings. The van der Waals surface area contributed by atoms with Crippen molar-refractivity contribution >= 4 is 17.9 Å². The van der Waals surface area contributed by atoms with Crippen LogP contribution in [0.3, 0.4) is 0 Å². The first-order chi connectivity index (χ1) is 30.2. The maximum atomic E-state index is 12.8. The molecular formula is C56H108O6. The summed E-state index contributed by atoms with van der Waals surface area (Å²) in [5, 5.41) is 0. The SMILES string of the molecule is CCCCCCCCCCCCCCCC(=O)OC[C@H](COC(=O)CCCCCCCCCCCCCCCCCCCCC(C)C)OC(=O)CCCCCCCCCC(C)C. The smallest absolute Gasteiger partial charge is 0.306 e. The number of hydrogen-bond donors (Lipinski definition) is 0. The molecule has 0 radical (unpaired) electrons. The van der Waals surface area contributed by atoms with E-state index in [9.17, 15) is 14.4 Å². The van der Waals surface area contributed by atoms with Gasteiger partial charge >= 0.3 is 17.9 Å². The first kappa shape index (κ1) is 60.4. The molecule has 0 saturated heterocycles. The van der Waals surface area contributed by atoms with Crippen LogP contribution in [-0.4, -0.2) is 37.2 Å². The van der Waals surface area contributed by atoms with E-state index >= 15 is 0 Å². The maximum Gasteiger partial charge on any atom is 0.306 e. The highest BCUT2D eigenvalue weighted by molar-refractivity contribution is 5.71. The molecular weight excluding hydrogens is 769 g/mol. The van der Waals surface area contributed by atoms with E-state index in [1.54, 1.807) is 0 Å². The van der Waals surface area contributed by atoms with Crippen molar-refractivity contribution in [2.45, 2.75) is 317 Å². The van der Waals surface area contributed by atoms with E-state index in [-0.39, 0.29) is 31.1 Å². The first-order valence-corrected chi connectivity index (χ1v) is 27.7. The monoisotopic (exact) mass is 877 g/mol. The van der Waals surface area contributed by atoms with Crippen LogP contribution < -0.4 is 0 Å². The van der Waals surface area contributed by atoms with E-state index in [0.29, 0.717) is 19.3 Å². The van der Waals surface area contributed by atoms with Crippen LogP contribution in [0.25, 0.3) is 0 Å². The van der Waals surface area contributed by atoms with Crippen molar-refractivity contribution in [2.24, 2.45) is 11.8 Å². The van der Waals surface area contributed by atoms with Gasteiger partial charge < -0.3 is 14.2 Å². The average Bonchev–Trinajstić information content (AvgIpc) is 3.24. The summed E-state index contributed by atoms with van der Waals surface area (Å²) in [5.41, 5.74) is 0. The summed E-state index contributed by atoms with van der Waals surface area (Å²) in [6.45, 7) is 11.4. The van der Waals surface area contributed by atoms with Crippen molar-refractivity contribution in [3.05, 3.63) is 0 Å². The molecule has 1 atom stereocenters. The van der Waals surface area contributed by atoms with Crippen LogP contribution in [0.1, 0.15) is 311 Å². The summed E-state index contributed by atoms with van der Waals surface area (Å²) in [6, 6.07) is 0. The standard InChI is InChI=1S/C56H108O6/c1-6-7-8-9-10-11-12-19-23-26-31-36-41-46-54(57)60-49-53(62-56(59)48-43-38-33-28-30-35-40-45-52(4)5)50-61-55(58)47-42-37-32-27-24-21-18-16-14-13-15-17-20-22-25-29-34-39-44-51(2)3/h51-53H,6-50H2,1-5H3/t53-/m1/s1. The predicted octanol–water partition coefficient (Wildman–Crippen LogP) is 18.1. The molecule has 6 heteroatoms. The van der Waals surface area contributed by atoms with Gasteiger partial charge in [0.1, 0.15) is 13.2 Å². The van der Waals surface area contributed by atoms with Gasteiger partial charge in [0.2, 0.25) is 0 Å². The van der Waals surface area contributed by atoms with Crippen LogP contribution in [-0.2, 0) is 28.6 Å². The van der Waals surface area contributed by atoms with E-state index in [1.807, 2.05) is 0 Å². The van der Waals surface area contributed by atoms with Gasteiger partial charge in [-0.25, -0.2) is 0 Å². The minimum absolute atomic E-state index is 0.0638. The van der Waals surface area contributed by atoms with Gasteiger partial charge in [0.15, 0.2) is 6.10 Å². The number of unbranched alkanes of at least 4 members (excludes halogenated alkanes) is 35. The lowest BCUT2D eigenvalue weighted by atomic mass is 10.0. The number of carbonyl (C=O) groups excluding carboxylic acids is 3. The van der Waals surface area contributed by atoms with Crippen molar-refractivity contribution in [1.29, 1.82) is 0 Å². The first-order valence-electron chi connectivity index (χ1n) is 27.7. The highest BCUT2D eigenvalue weighted by Crippen LogP contribution is 2.18. The molecule has 0 unspecified atom stereocenters. The number of rotatable bonds is 50. The number of carbonyl (C=O) groups is 3. The summed E-state index contributed by atoms with van der Waals surface area (Å²) >= 11 is 0. The average molecular weight is 877 g/mol. The Hall–Kier alpha value is -1.59. The fraction of sp³-hybridized carbons (Fsp3) is 0.946. The predicted molar refractivity (Wildman–Crippen MR) is 266 cm³/mol. The molecule has 0 aromatic rings. The molecule has 0 rings (SSSR count). The summed E-state index contributed by atoms with van der Waals surface area (Å²) < 4.78 is 16.8. The van der Waals surface area contributed by atoms with Gasteiger partial charge in [0.25, 0.3) is 0 Å². The molecule has 0 aliphatic heterocycles. The third-order valence-electron chi connectivity index (χ3n) is 12.7. The molecule has 0 aliphatic carbocycles. The van der Waals surface area contributed by atoms with E-state index in [0.717, 1.165) is 69.6 Å². The molecule has 0 fully saturated rings. The topological polar surface area (TPSA) is 78.9 Å². The second-order valence-corrected chi connectivity index (χ2v) is 20.2. The Morgan fingerprint density at radius 3 is 0.790 bits per heavy atom. The van der Waals surface area contributed by atoms with Crippen LogP contribution in [0.5, 0.6) is 0 Å². The van der Waals surface area contributed by atoms with Gasteiger partial charge in [0, 0.05) is 19.3 Å². The minimum Gasteiger partial charge on any atom is -0.462 e. The Balaban J connectivity index is 4.18. The lowest BCUT2D eigenvalue weighted by molar-refractivity contribution is -0.167. The second kappa shape index (κ2) is 48.9. The van der Waals surface area contributed by atoms with Crippen LogP contribution in [0.2, 0.25) is 0 Å². The fourth-order valence-corrected chi connectivity index (χ4v) is 8.52. The van der Waals surface area contributed by atoms with Crippen molar-refractivity contribution < 1.29 is 28.6 Å². The van der Waals surface area contributed by atoms with Gasteiger partial charge in [0.05, 0.1) is 0 Å². The molecule has 0 amide bonds. The largest absolute Gasteiger partial charge is 0.462 e. The Morgan fingerprint density at radius 1 is 0.306 bits per heavy atom. The normalized spacial score (nSPS) is 12.0. The molecule has 62 heavy (non-hydrogen) atoms. The van der Waals surface area contributed by atoms with Crippen LogP contribution in [0.4, 0.5) is 0 Å². The zero-order valence-electron chi connectivity index (χ0n) is 42.5. The van der Waals surface area contributed by atoms with Gasteiger partial charge in [-0.2, -0.15) is 0 Å². The molecule has 0 heterocycles. The summed E-state index contributed by atoms with van der Waals surface area (Å²) in [6.07, 6.45) is 51.1. The van der Waals surface area contributed by atoms with Crippen LogP contribution in [0, 0.1) is 11.8 Å². The van der Waals surface area contributed by atoms with Gasteiger partial charge in [-0.1, -0.05) is 272 Å². The van der Waals surface area contributed by atoms with Gasteiger partial charge in [-0.05, 0) is 31.1 Å². The number of hydrogen-bond acceptors (Lipinski definition) is 6. The van der Waals surface area contributed by atoms with Gasteiger partial charge in [-0.15, -0.1) is 0 Å². The minimum atomic E-state index is -0.762. The quantitative estimate of drug-likeness (QED) is 0.0344. The Labute approximate surface area is 387 Å². The zero-order chi connectivity index (χ0) is 45.4. The molecule has 6 nitrogen and oxygen atoms in total. The van der Waals surface area contributed by atoms with Crippen molar-refractivity contribution in [3.63, 3.8) is 0 Å². The molecule has 0 aromatic heterocycles.